The maximum Gasteiger partial charge on any atom is 0.0619 e. The Hall–Kier alpha value is -0.380. The van der Waals surface area contributed by atoms with Gasteiger partial charge in [0.2, 0.25) is 0 Å². The van der Waals surface area contributed by atoms with Crippen molar-refractivity contribution in [1.29, 1.82) is 0 Å². The first-order valence-electron chi connectivity index (χ1n) is 5.11. The molecule has 0 aromatic carbocycles. The van der Waals surface area contributed by atoms with Crippen molar-refractivity contribution in [1.82, 2.24) is 0 Å². The van der Waals surface area contributed by atoms with E-state index in [4.69, 9.17) is 10.5 Å². The predicted molar refractivity (Wildman–Crippen MR) is 59.5 cm³/mol. The van der Waals surface area contributed by atoms with Crippen molar-refractivity contribution in [3.8, 4) is 0 Å². The van der Waals surface area contributed by atoms with Gasteiger partial charge in [-0.25, -0.2) is 0 Å². The molecular weight excluding hydrogens is 194 g/mol. The van der Waals surface area contributed by atoms with Crippen LogP contribution in [0.3, 0.4) is 0 Å². The number of hydrogen-bond donors (Lipinski definition) is 1. The third-order valence-electron chi connectivity index (χ3n) is 3.34. The molecule has 1 aliphatic heterocycles. The van der Waals surface area contributed by atoms with Crippen molar-refractivity contribution in [2.24, 2.45) is 11.1 Å². The summed E-state index contributed by atoms with van der Waals surface area (Å²) in [7, 11) is 0. The van der Waals surface area contributed by atoms with Crippen LogP contribution in [-0.4, -0.2) is 19.3 Å². The van der Waals surface area contributed by atoms with E-state index in [1.54, 1.807) is 0 Å². The van der Waals surface area contributed by atoms with Crippen LogP contribution >= 0.6 is 11.3 Å². The SMILES string of the molecule is CC1OCCC1(CN)Cc1cccs1. The van der Waals surface area contributed by atoms with Gasteiger partial charge in [-0.05, 0) is 31.2 Å². The van der Waals surface area contributed by atoms with E-state index in [2.05, 4.69) is 24.4 Å². The average molecular weight is 211 g/mol. The number of nitrogens with two attached hydrogens (primary N) is 1. The number of rotatable bonds is 3. The topological polar surface area (TPSA) is 35.2 Å². The number of thiophene rings is 1. The fourth-order valence-corrected chi connectivity index (χ4v) is 3.01. The molecule has 1 aromatic heterocycles. The molecule has 14 heavy (non-hydrogen) atoms. The first-order chi connectivity index (χ1) is 6.77. The highest BCUT2D eigenvalue weighted by Gasteiger charge is 2.40. The Morgan fingerprint density at radius 3 is 3.07 bits per heavy atom. The Morgan fingerprint density at radius 1 is 1.71 bits per heavy atom. The zero-order chi connectivity index (χ0) is 10.0. The van der Waals surface area contributed by atoms with Crippen LogP contribution in [0, 0.1) is 5.41 Å². The fraction of sp³-hybridized carbons (Fsp3) is 0.636. The molecule has 0 saturated carbocycles. The summed E-state index contributed by atoms with van der Waals surface area (Å²) in [4.78, 5) is 1.42. The largest absolute Gasteiger partial charge is 0.378 e. The molecule has 2 nitrogen and oxygen atoms in total. The lowest BCUT2D eigenvalue weighted by Gasteiger charge is -2.30. The van der Waals surface area contributed by atoms with E-state index in [9.17, 15) is 0 Å². The predicted octanol–water partition coefficient (Wildman–Crippen LogP) is 2.04. The zero-order valence-corrected chi connectivity index (χ0v) is 9.35. The van der Waals surface area contributed by atoms with Gasteiger partial charge < -0.3 is 10.5 Å². The molecule has 2 heterocycles. The molecule has 1 saturated heterocycles. The highest BCUT2D eigenvalue weighted by Crippen LogP contribution is 2.38. The van der Waals surface area contributed by atoms with Crippen molar-refractivity contribution in [3.05, 3.63) is 22.4 Å². The van der Waals surface area contributed by atoms with Crippen molar-refractivity contribution < 1.29 is 4.74 Å². The minimum absolute atomic E-state index is 0.185. The molecule has 0 aliphatic carbocycles. The van der Waals surface area contributed by atoms with Gasteiger partial charge in [-0.2, -0.15) is 0 Å². The smallest absolute Gasteiger partial charge is 0.0619 e. The standard InChI is InChI=1S/C11H17NOS/c1-9-11(8-12,4-5-13-9)7-10-3-2-6-14-10/h2-3,6,9H,4-5,7-8,12H2,1H3. The van der Waals surface area contributed by atoms with Crippen LogP contribution < -0.4 is 5.73 Å². The highest BCUT2D eigenvalue weighted by molar-refractivity contribution is 7.09. The lowest BCUT2D eigenvalue weighted by atomic mass is 9.78. The summed E-state index contributed by atoms with van der Waals surface area (Å²) in [5.41, 5.74) is 6.09. The Balaban J connectivity index is 2.13. The molecule has 2 atom stereocenters. The monoisotopic (exact) mass is 211 g/mol. The van der Waals surface area contributed by atoms with Crippen LogP contribution in [0.1, 0.15) is 18.2 Å². The first kappa shape index (κ1) is 10.1. The van der Waals surface area contributed by atoms with Gasteiger partial charge in [-0.1, -0.05) is 6.07 Å². The van der Waals surface area contributed by atoms with Gasteiger partial charge in [0.25, 0.3) is 0 Å². The van der Waals surface area contributed by atoms with Crippen LogP contribution in [0.4, 0.5) is 0 Å². The average Bonchev–Trinajstić information content (AvgIpc) is 2.79. The highest BCUT2D eigenvalue weighted by atomic mass is 32.1. The summed E-state index contributed by atoms with van der Waals surface area (Å²) < 4.78 is 5.63. The maximum absolute atomic E-state index is 5.90. The van der Waals surface area contributed by atoms with Gasteiger partial charge in [-0.3, -0.25) is 0 Å². The fourth-order valence-electron chi connectivity index (χ4n) is 2.15. The quantitative estimate of drug-likeness (QED) is 0.830. The lowest BCUT2D eigenvalue weighted by molar-refractivity contribution is 0.0677. The summed E-state index contributed by atoms with van der Waals surface area (Å²) in [6.45, 7) is 3.74. The van der Waals surface area contributed by atoms with Crippen LogP contribution in [-0.2, 0) is 11.2 Å². The Labute approximate surface area is 89.1 Å². The van der Waals surface area contributed by atoms with Gasteiger partial charge in [-0.15, -0.1) is 11.3 Å². The molecule has 0 spiro atoms. The van der Waals surface area contributed by atoms with Crippen molar-refractivity contribution in [3.63, 3.8) is 0 Å². The lowest BCUT2D eigenvalue weighted by Crippen LogP contribution is -2.38. The molecule has 1 aliphatic rings. The van der Waals surface area contributed by atoms with E-state index in [0.717, 1.165) is 26.0 Å². The van der Waals surface area contributed by atoms with Gasteiger partial charge >= 0.3 is 0 Å². The third kappa shape index (κ3) is 1.72. The summed E-state index contributed by atoms with van der Waals surface area (Å²) in [5.74, 6) is 0. The van der Waals surface area contributed by atoms with Crippen molar-refractivity contribution in [2.75, 3.05) is 13.2 Å². The number of ether oxygens (including phenoxy) is 1. The van der Waals surface area contributed by atoms with E-state index in [0.29, 0.717) is 6.10 Å². The summed E-state index contributed by atoms with van der Waals surface area (Å²) in [5, 5.41) is 2.13. The second kappa shape index (κ2) is 4.01. The van der Waals surface area contributed by atoms with Gasteiger partial charge in [0.15, 0.2) is 0 Å². The van der Waals surface area contributed by atoms with Gasteiger partial charge in [0.05, 0.1) is 6.10 Å². The molecule has 2 rings (SSSR count). The summed E-state index contributed by atoms with van der Waals surface area (Å²) in [6.07, 6.45) is 2.47. The van der Waals surface area contributed by atoms with E-state index < -0.39 is 0 Å². The second-order valence-electron chi connectivity index (χ2n) is 4.09. The molecule has 0 amide bonds. The van der Waals surface area contributed by atoms with Crippen molar-refractivity contribution in [2.45, 2.75) is 25.9 Å². The molecule has 1 aromatic rings. The van der Waals surface area contributed by atoms with E-state index >= 15 is 0 Å². The van der Waals surface area contributed by atoms with E-state index in [1.807, 2.05) is 11.3 Å². The molecule has 0 radical (unpaired) electrons. The molecule has 2 N–H and O–H groups in total. The van der Waals surface area contributed by atoms with E-state index in [1.165, 1.54) is 4.88 Å². The normalized spacial score (nSPS) is 32.3. The minimum Gasteiger partial charge on any atom is -0.378 e. The summed E-state index contributed by atoms with van der Waals surface area (Å²) >= 11 is 1.81. The van der Waals surface area contributed by atoms with Crippen molar-refractivity contribution >= 4 is 11.3 Å². The molecule has 3 heteroatoms. The molecule has 2 unspecified atom stereocenters. The Bertz CT molecular complexity index is 285. The first-order valence-corrected chi connectivity index (χ1v) is 5.99. The van der Waals surface area contributed by atoms with Gasteiger partial charge in [0.1, 0.15) is 0 Å². The molecular formula is C11H17NOS. The Kier molecular flexibility index (Phi) is 2.91. The molecule has 1 fully saturated rings. The third-order valence-corrected chi connectivity index (χ3v) is 4.22. The number of hydrogen-bond acceptors (Lipinski definition) is 3. The van der Waals surface area contributed by atoms with Gasteiger partial charge in [0, 0.05) is 23.4 Å². The van der Waals surface area contributed by atoms with Crippen LogP contribution in [0.5, 0.6) is 0 Å². The minimum atomic E-state index is 0.185. The molecule has 78 valence electrons. The maximum atomic E-state index is 5.90. The zero-order valence-electron chi connectivity index (χ0n) is 8.53. The van der Waals surface area contributed by atoms with Crippen LogP contribution in [0.15, 0.2) is 17.5 Å². The summed E-state index contributed by atoms with van der Waals surface area (Å²) in [6, 6.07) is 4.29. The van der Waals surface area contributed by atoms with Crippen LogP contribution in [0.2, 0.25) is 0 Å². The second-order valence-corrected chi connectivity index (χ2v) is 5.12. The van der Waals surface area contributed by atoms with E-state index in [-0.39, 0.29) is 5.41 Å². The Morgan fingerprint density at radius 2 is 2.57 bits per heavy atom. The molecule has 0 bridgehead atoms. The van der Waals surface area contributed by atoms with Crippen LogP contribution in [0.25, 0.3) is 0 Å².